The molecule has 1 N–H and O–H groups in total. The lowest BCUT2D eigenvalue weighted by Crippen LogP contribution is -2.15. The molecule has 1 aliphatic rings. The molecule has 0 saturated heterocycles. The predicted octanol–water partition coefficient (Wildman–Crippen LogP) is 3.87. The highest BCUT2D eigenvalue weighted by atomic mass is 35.5. The Labute approximate surface area is 124 Å². The average Bonchev–Trinajstić information content (AvgIpc) is 3.16. The topological polar surface area (TPSA) is 29.9 Å². The van der Waals surface area contributed by atoms with Gasteiger partial charge in [-0.2, -0.15) is 5.10 Å². The molecule has 0 bridgehead atoms. The Morgan fingerprint density at radius 2 is 2.20 bits per heavy atom. The average molecular weight is 290 g/mol. The van der Waals surface area contributed by atoms with Crippen LogP contribution in [0, 0.1) is 0 Å². The van der Waals surface area contributed by atoms with E-state index in [1.807, 2.05) is 16.9 Å². The number of halogens is 1. The number of rotatable bonds is 6. The minimum absolute atomic E-state index is 0.705. The highest BCUT2D eigenvalue weighted by Crippen LogP contribution is 2.27. The minimum atomic E-state index is 0.705. The summed E-state index contributed by atoms with van der Waals surface area (Å²) in [4.78, 5) is 0. The van der Waals surface area contributed by atoms with E-state index in [1.165, 1.54) is 18.4 Å². The zero-order valence-corrected chi connectivity index (χ0v) is 12.5. The van der Waals surface area contributed by atoms with Crippen LogP contribution >= 0.6 is 11.6 Å². The first-order valence-electron chi connectivity index (χ1n) is 7.32. The third kappa shape index (κ3) is 3.05. The molecule has 4 heteroatoms. The number of aryl methyl sites for hydroxylation is 1. The maximum absolute atomic E-state index is 6.41. The maximum Gasteiger partial charge on any atom is 0.0682 e. The number of nitrogens with zero attached hydrogens (tertiary/aromatic N) is 2. The molecular weight excluding hydrogens is 270 g/mol. The zero-order valence-electron chi connectivity index (χ0n) is 11.8. The molecular formula is C16H20ClN3. The van der Waals surface area contributed by atoms with Crippen molar-refractivity contribution in [1.29, 1.82) is 0 Å². The van der Waals surface area contributed by atoms with Crippen LogP contribution < -0.4 is 5.32 Å². The summed E-state index contributed by atoms with van der Waals surface area (Å²) < 4.78 is 2.04. The fourth-order valence-corrected chi connectivity index (χ4v) is 2.61. The van der Waals surface area contributed by atoms with E-state index in [0.717, 1.165) is 35.8 Å². The fourth-order valence-electron chi connectivity index (χ4n) is 2.36. The first-order valence-corrected chi connectivity index (χ1v) is 7.69. The van der Waals surface area contributed by atoms with E-state index < -0.39 is 0 Å². The fraction of sp³-hybridized carbons (Fsp3) is 0.438. The first kappa shape index (κ1) is 13.7. The molecule has 0 unspecified atom stereocenters. The molecule has 1 heterocycles. The summed E-state index contributed by atoms with van der Waals surface area (Å²) in [6.45, 7) is 3.95. The SMILES string of the molecule is CCCn1nccc1-c1ccc(CNC2CC2)c(Cl)c1. The molecule has 0 atom stereocenters. The summed E-state index contributed by atoms with van der Waals surface area (Å²) in [5, 5.41) is 8.69. The summed E-state index contributed by atoms with van der Waals surface area (Å²) in [6, 6.07) is 9.06. The second kappa shape index (κ2) is 5.98. The van der Waals surface area contributed by atoms with Crippen molar-refractivity contribution in [2.45, 2.75) is 45.3 Å². The molecule has 1 aromatic carbocycles. The van der Waals surface area contributed by atoms with Crippen LogP contribution in [0.2, 0.25) is 5.02 Å². The van der Waals surface area contributed by atoms with E-state index in [0.29, 0.717) is 6.04 Å². The van der Waals surface area contributed by atoms with Gasteiger partial charge in [-0.25, -0.2) is 0 Å². The van der Waals surface area contributed by atoms with Crippen molar-refractivity contribution in [2.75, 3.05) is 0 Å². The number of benzene rings is 1. The zero-order chi connectivity index (χ0) is 13.9. The summed E-state index contributed by atoms with van der Waals surface area (Å²) in [5.41, 5.74) is 3.44. The summed E-state index contributed by atoms with van der Waals surface area (Å²) in [7, 11) is 0. The van der Waals surface area contributed by atoms with Crippen molar-refractivity contribution in [3.63, 3.8) is 0 Å². The second-order valence-electron chi connectivity index (χ2n) is 5.40. The third-order valence-electron chi connectivity index (χ3n) is 3.66. The summed E-state index contributed by atoms with van der Waals surface area (Å²) >= 11 is 6.41. The number of hydrogen-bond acceptors (Lipinski definition) is 2. The van der Waals surface area contributed by atoms with Gasteiger partial charge in [0, 0.05) is 35.9 Å². The van der Waals surface area contributed by atoms with E-state index in [9.17, 15) is 0 Å². The van der Waals surface area contributed by atoms with E-state index in [-0.39, 0.29) is 0 Å². The van der Waals surface area contributed by atoms with Crippen molar-refractivity contribution < 1.29 is 0 Å². The van der Waals surface area contributed by atoms with Crippen LogP contribution in [0.25, 0.3) is 11.3 Å². The monoisotopic (exact) mass is 289 g/mol. The Morgan fingerprint density at radius 1 is 1.35 bits per heavy atom. The molecule has 1 aromatic heterocycles. The lowest BCUT2D eigenvalue weighted by atomic mass is 10.1. The number of nitrogens with one attached hydrogen (secondary N) is 1. The molecule has 0 radical (unpaired) electrons. The van der Waals surface area contributed by atoms with Crippen molar-refractivity contribution in [3.8, 4) is 11.3 Å². The predicted molar refractivity (Wildman–Crippen MR) is 82.8 cm³/mol. The molecule has 1 aliphatic carbocycles. The van der Waals surface area contributed by atoms with Crippen LogP contribution in [0.4, 0.5) is 0 Å². The smallest absolute Gasteiger partial charge is 0.0682 e. The van der Waals surface area contributed by atoms with Gasteiger partial charge in [0.25, 0.3) is 0 Å². The van der Waals surface area contributed by atoms with Crippen molar-refractivity contribution in [2.24, 2.45) is 0 Å². The van der Waals surface area contributed by atoms with Gasteiger partial charge in [0.2, 0.25) is 0 Å². The Morgan fingerprint density at radius 3 is 2.90 bits per heavy atom. The van der Waals surface area contributed by atoms with Gasteiger partial charge in [0.15, 0.2) is 0 Å². The van der Waals surface area contributed by atoms with E-state index >= 15 is 0 Å². The van der Waals surface area contributed by atoms with Crippen molar-refractivity contribution in [3.05, 3.63) is 41.0 Å². The van der Waals surface area contributed by atoms with Crippen LogP contribution in [0.15, 0.2) is 30.5 Å². The molecule has 3 rings (SSSR count). The Hall–Kier alpha value is -1.32. The molecule has 3 nitrogen and oxygen atoms in total. The maximum atomic E-state index is 6.41. The van der Waals surface area contributed by atoms with Crippen molar-refractivity contribution >= 4 is 11.6 Å². The summed E-state index contributed by atoms with van der Waals surface area (Å²) in [6.07, 6.45) is 5.52. The Kier molecular flexibility index (Phi) is 4.08. The molecule has 0 spiro atoms. The molecule has 0 amide bonds. The summed E-state index contributed by atoms with van der Waals surface area (Å²) in [5.74, 6) is 0. The highest BCUT2D eigenvalue weighted by Gasteiger charge is 2.20. The van der Waals surface area contributed by atoms with E-state index in [2.05, 4.69) is 35.5 Å². The first-order chi connectivity index (χ1) is 9.78. The van der Waals surface area contributed by atoms with Crippen molar-refractivity contribution in [1.82, 2.24) is 15.1 Å². The molecule has 20 heavy (non-hydrogen) atoms. The minimum Gasteiger partial charge on any atom is -0.310 e. The normalized spacial score (nSPS) is 14.7. The van der Waals surface area contributed by atoms with Gasteiger partial charge in [-0.3, -0.25) is 4.68 Å². The van der Waals surface area contributed by atoms with E-state index in [1.54, 1.807) is 0 Å². The molecule has 1 saturated carbocycles. The van der Waals surface area contributed by atoms with E-state index in [4.69, 9.17) is 11.6 Å². The third-order valence-corrected chi connectivity index (χ3v) is 4.01. The van der Waals surface area contributed by atoms with Gasteiger partial charge in [-0.15, -0.1) is 0 Å². The molecule has 2 aromatic rings. The quantitative estimate of drug-likeness (QED) is 0.875. The van der Waals surface area contributed by atoms with Crippen LogP contribution in [-0.2, 0) is 13.1 Å². The molecule has 106 valence electrons. The second-order valence-corrected chi connectivity index (χ2v) is 5.81. The number of hydrogen-bond donors (Lipinski definition) is 1. The molecule has 0 aliphatic heterocycles. The van der Waals surface area contributed by atoms with Gasteiger partial charge >= 0.3 is 0 Å². The Balaban J connectivity index is 1.79. The lowest BCUT2D eigenvalue weighted by molar-refractivity contribution is 0.609. The Bertz CT molecular complexity index is 587. The van der Waals surface area contributed by atoms with Crippen LogP contribution in [0.1, 0.15) is 31.7 Å². The molecule has 1 fully saturated rings. The van der Waals surface area contributed by atoms with Crippen LogP contribution in [0.3, 0.4) is 0 Å². The van der Waals surface area contributed by atoms with Gasteiger partial charge in [0.05, 0.1) is 5.69 Å². The van der Waals surface area contributed by atoms with Crippen LogP contribution in [-0.4, -0.2) is 15.8 Å². The van der Waals surface area contributed by atoms with Crippen LogP contribution in [0.5, 0.6) is 0 Å². The van der Waals surface area contributed by atoms with Gasteiger partial charge < -0.3 is 5.32 Å². The van der Waals surface area contributed by atoms with Gasteiger partial charge in [0.1, 0.15) is 0 Å². The van der Waals surface area contributed by atoms with Gasteiger partial charge in [-0.1, -0.05) is 30.7 Å². The largest absolute Gasteiger partial charge is 0.310 e. The number of aromatic nitrogens is 2. The standard InChI is InChI=1S/C16H20ClN3/c1-2-9-20-16(7-8-19-20)12-3-4-13(15(17)10-12)11-18-14-5-6-14/h3-4,7-8,10,14,18H,2,5-6,9,11H2,1H3. The lowest BCUT2D eigenvalue weighted by Gasteiger charge is -2.10. The highest BCUT2D eigenvalue weighted by molar-refractivity contribution is 6.31. The van der Waals surface area contributed by atoms with Gasteiger partial charge in [-0.05, 0) is 37.0 Å².